The summed E-state index contributed by atoms with van der Waals surface area (Å²) in [6.45, 7) is 2.69. The van der Waals surface area contributed by atoms with E-state index in [0.717, 1.165) is 15.8 Å². The van der Waals surface area contributed by atoms with Crippen LogP contribution in [0.2, 0.25) is 15.1 Å². The van der Waals surface area contributed by atoms with Crippen LogP contribution >= 0.6 is 57.4 Å². The van der Waals surface area contributed by atoms with Gasteiger partial charge in [0.1, 0.15) is 5.82 Å². The molecule has 0 aliphatic heterocycles. The molecule has 0 saturated carbocycles. The molecule has 1 heterocycles. The lowest BCUT2D eigenvalue weighted by atomic mass is 10.3. The van der Waals surface area contributed by atoms with Crippen molar-refractivity contribution < 1.29 is 0 Å². The maximum absolute atomic E-state index is 6.18. The molecule has 0 aliphatic carbocycles. The minimum Gasteiger partial charge on any atom is -0.369 e. The molecule has 2 N–H and O–H groups in total. The lowest BCUT2D eigenvalue weighted by Gasteiger charge is -2.12. The average molecular weight is 443 g/mol. The number of hydrogen-bond acceptors (Lipinski definition) is 3. The summed E-state index contributed by atoms with van der Waals surface area (Å²) in [5.41, 5.74) is 0.742. The normalized spacial score (nSPS) is 10.4. The van der Waals surface area contributed by atoms with Crippen LogP contribution < -0.4 is 10.6 Å². The molecule has 0 aliphatic rings. The van der Waals surface area contributed by atoms with Gasteiger partial charge in [0.25, 0.3) is 0 Å². The molecule has 0 saturated heterocycles. The zero-order chi connectivity index (χ0) is 14.7. The third-order valence-electron chi connectivity index (χ3n) is 2.46. The minimum absolute atomic E-state index is 0.436. The fraction of sp³-hybridized carbons (Fsp3) is 0.154. The largest absolute Gasteiger partial charge is 0.369 e. The Labute approximate surface area is 146 Å². The molecule has 0 fully saturated rings. The fourth-order valence-corrected chi connectivity index (χ4v) is 2.94. The van der Waals surface area contributed by atoms with Crippen molar-refractivity contribution in [3.05, 3.63) is 42.9 Å². The Kier molecular flexibility index (Phi) is 5.60. The molecular weight excluding hydrogens is 431 g/mol. The van der Waals surface area contributed by atoms with Crippen molar-refractivity contribution >= 4 is 74.7 Å². The molecule has 106 valence electrons. The number of benzene rings is 1. The summed E-state index contributed by atoms with van der Waals surface area (Å²) < 4.78 is 1.06. The molecule has 2 aromatic rings. The second kappa shape index (κ2) is 7.02. The van der Waals surface area contributed by atoms with Crippen molar-refractivity contribution in [1.82, 2.24) is 4.98 Å². The summed E-state index contributed by atoms with van der Waals surface area (Å²) in [7, 11) is 0. The molecule has 0 amide bonds. The van der Waals surface area contributed by atoms with E-state index < -0.39 is 0 Å². The first-order chi connectivity index (χ1) is 9.51. The number of nitrogens with one attached hydrogen (secondary N) is 2. The van der Waals surface area contributed by atoms with E-state index in [9.17, 15) is 0 Å². The van der Waals surface area contributed by atoms with Gasteiger partial charge < -0.3 is 10.6 Å². The van der Waals surface area contributed by atoms with Crippen molar-refractivity contribution in [3.63, 3.8) is 0 Å². The molecular formula is C13H11Cl3IN3. The second-order valence-corrected chi connectivity index (χ2v) is 6.40. The van der Waals surface area contributed by atoms with E-state index in [1.54, 1.807) is 6.07 Å². The van der Waals surface area contributed by atoms with Gasteiger partial charge in [-0.3, -0.25) is 0 Å². The van der Waals surface area contributed by atoms with Crippen molar-refractivity contribution in [1.29, 1.82) is 0 Å². The topological polar surface area (TPSA) is 37.0 Å². The first-order valence-corrected chi connectivity index (χ1v) is 8.04. The number of nitrogens with zero attached hydrogens (tertiary/aromatic N) is 1. The Morgan fingerprint density at radius 1 is 1.05 bits per heavy atom. The highest BCUT2D eigenvalue weighted by Crippen LogP contribution is 2.33. The number of aromatic nitrogens is 1. The van der Waals surface area contributed by atoms with E-state index in [-0.39, 0.29) is 0 Å². The zero-order valence-corrected chi connectivity index (χ0v) is 14.9. The number of halogens is 4. The van der Waals surface area contributed by atoms with E-state index in [1.165, 1.54) is 0 Å². The Balaban J connectivity index is 2.35. The van der Waals surface area contributed by atoms with Crippen molar-refractivity contribution in [2.24, 2.45) is 0 Å². The molecule has 20 heavy (non-hydrogen) atoms. The van der Waals surface area contributed by atoms with Gasteiger partial charge in [-0.15, -0.1) is 0 Å². The molecule has 0 spiro atoms. The van der Waals surface area contributed by atoms with Crippen LogP contribution in [-0.2, 0) is 0 Å². The van der Waals surface area contributed by atoms with Crippen LogP contribution in [0.1, 0.15) is 6.92 Å². The summed E-state index contributed by atoms with van der Waals surface area (Å²) in [5, 5.41) is 7.72. The molecule has 0 bridgehead atoms. The predicted octanol–water partition coefficient (Wildman–Crippen LogP) is 5.82. The fourth-order valence-electron chi connectivity index (χ4n) is 1.56. The summed E-state index contributed by atoms with van der Waals surface area (Å²) in [6.07, 6.45) is 0. The highest BCUT2D eigenvalue weighted by molar-refractivity contribution is 14.1. The molecule has 0 radical (unpaired) electrons. The van der Waals surface area contributed by atoms with Gasteiger partial charge >= 0.3 is 0 Å². The number of rotatable bonds is 4. The van der Waals surface area contributed by atoms with E-state index >= 15 is 0 Å². The maximum atomic E-state index is 6.18. The van der Waals surface area contributed by atoms with Crippen molar-refractivity contribution in [3.8, 4) is 0 Å². The summed E-state index contributed by atoms with van der Waals surface area (Å²) >= 11 is 20.6. The zero-order valence-electron chi connectivity index (χ0n) is 10.5. The number of pyridine rings is 1. The van der Waals surface area contributed by atoms with Gasteiger partial charge in [-0.2, -0.15) is 0 Å². The molecule has 0 unspecified atom stereocenters. The third kappa shape index (κ3) is 3.81. The first kappa shape index (κ1) is 15.9. The van der Waals surface area contributed by atoms with Gasteiger partial charge in [-0.1, -0.05) is 34.8 Å². The quantitative estimate of drug-likeness (QED) is 0.586. The number of hydrogen-bond donors (Lipinski definition) is 2. The van der Waals surface area contributed by atoms with E-state index in [2.05, 4.69) is 38.2 Å². The average Bonchev–Trinajstić information content (AvgIpc) is 2.38. The maximum Gasteiger partial charge on any atom is 0.151 e. The highest BCUT2D eigenvalue weighted by atomic mass is 127. The van der Waals surface area contributed by atoms with Gasteiger partial charge in [-0.25, -0.2) is 4.98 Å². The van der Waals surface area contributed by atoms with E-state index in [4.69, 9.17) is 34.8 Å². The van der Waals surface area contributed by atoms with Crippen LogP contribution in [-0.4, -0.2) is 11.5 Å². The monoisotopic (exact) mass is 441 g/mol. The van der Waals surface area contributed by atoms with Crippen molar-refractivity contribution in [2.45, 2.75) is 6.92 Å². The van der Waals surface area contributed by atoms with E-state index in [1.807, 2.05) is 25.1 Å². The Hall–Kier alpha value is -0.430. The number of anilines is 3. The summed E-state index contributed by atoms with van der Waals surface area (Å²) in [4.78, 5) is 4.37. The third-order valence-corrected chi connectivity index (χ3v) is 4.02. The molecule has 0 atom stereocenters. The van der Waals surface area contributed by atoms with E-state index in [0.29, 0.717) is 26.7 Å². The van der Waals surface area contributed by atoms with Crippen LogP contribution in [0.5, 0.6) is 0 Å². The Morgan fingerprint density at radius 3 is 2.40 bits per heavy atom. The Bertz CT molecular complexity index is 634. The minimum atomic E-state index is 0.436. The van der Waals surface area contributed by atoms with Crippen LogP contribution in [0, 0.1) is 3.57 Å². The van der Waals surface area contributed by atoms with Gasteiger partial charge in [0.05, 0.1) is 20.8 Å². The highest BCUT2D eigenvalue weighted by Gasteiger charge is 2.10. The van der Waals surface area contributed by atoms with Crippen molar-refractivity contribution in [2.75, 3.05) is 17.2 Å². The summed E-state index contributed by atoms with van der Waals surface area (Å²) in [6, 6.07) is 7.34. The van der Waals surface area contributed by atoms with Crippen LogP contribution in [0.25, 0.3) is 0 Å². The molecule has 1 aromatic carbocycles. The SMILES string of the molecule is CCNc1nc(Nc2ccc(I)cc2Cl)c(Cl)cc1Cl. The molecule has 2 rings (SSSR count). The Morgan fingerprint density at radius 2 is 1.75 bits per heavy atom. The standard InChI is InChI=1S/C13H11Cl3IN3/c1-2-18-12-9(15)6-10(16)13(20-12)19-11-4-3-7(17)5-8(11)14/h3-6H,2H2,1H3,(H2,18,19,20). The molecule has 7 heteroatoms. The van der Waals surface area contributed by atoms with Gasteiger partial charge in [0.2, 0.25) is 0 Å². The predicted molar refractivity (Wildman–Crippen MR) is 95.9 cm³/mol. The molecule has 1 aromatic heterocycles. The van der Waals surface area contributed by atoms with Crippen LogP contribution in [0.3, 0.4) is 0 Å². The first-order valence-electron chi connectivity index (χ1n) is 5.83. The summed E-state index contributed by atoms with van der Waals surface area (Å²) in [5.74, 6) is 1.10. The van der Waals surface area contributed by atoms with Gasteiger partial charge in [0, 0.05) is 10.1 Å². The lowest BCUT2D eigenvalue weighted by Crippen LogP contribution is -2.03. The van der Waals surface area contributed by atoms with Crippen LogP contribution in [0.4, 0.5) is 17.3 Å². The van der Waals surface area contributed by atoms with Crippen LogP contribution in [0.15, 0.2) is 24.3 Å². The molecule has 3 nitrogen and oxygen atoms in total. The smallest absolute Gasteiger partial charge is 0.151 e. The second-order valence-electron chi connectivity index (χ2n) is 3.93. The van der Waals surface area contributed by atoms with Gasteiger partial charge in [0.15, 0.2) is 5.82 Å². The van der Waals surface area contributed by atoms with Gasteiger partial charge in [-0.05, 0) is 53.8 Å². The lowest BCUT2D eigenvalue weighted by molar-refractivity contribution is 1.16.